The maximum atomic E-state index is 7.24. The number of benzene rings is 4. The van der Waals surface area contributed by atoms with Crippen LogP contribution >= 0.6 is 23.5 Å². The van der Waals surface area contributed by atoms with Gasteiger partial charge in [-0.25, -0.2) is 0 Å². The summed E-state index contributed by atoms with van der Waals surface area (Å²) in [5.41, 5.74) is 0. The van der Waals surface area contributed by atoms with Gasteiger partial charge >= 0.3 is 0 Å². The molecule has 4 aromatic carbocycles. The van der Waals surface area contributed by atoms with Crippen LogP contribution in [0.25, 0.3) is 0 Å². The Morgan fingerprint density at radius 1 is 0.711 bits per heavy atom. The van der Waals surface area contributed by atoms with E-state index >= 15 is 0 Å². The molecule has 1 heterocycles. The van der Waals surface area contributed by atoms with Crippen LogP contribution in [-0.4, -0.2) is 31.7 Å². The van der Waals surface area contributed by atoms with Gasteiger partial charge in [0.1, 0.15) is 0 Å². The van der Waals surface area contributed by atoms with Crippen LogP contribution in [0, 0.1) is 0 Å². The van der Waals surface area contributed by atoms with Crippen LogP contribution in [0.2, 0.25) is 5.04 Å². The van der Waals surface area contributed by atoms with Crippen molar-refractivity contribution >= 4 is 42.2 Å². The summed E-state index contributed by atoms with van der Waals surface area (Å²) in [6, 6.07) is 43.1. The summed E-state index contributed by atoms with van der Waals surface area (Å²) in [5, 5.41) is 2.56. The summed E-state index contributed by atoms with van der Waals surface area (Å²) >= 11 is 3.85. The van der Waals surface area contributed by atoms with Gasteiger partial charge in [0.05, 0.1) is 23.4 Å². The minimum atomic E-state index is -2.61. The molecule has 0 unspecified atom stereocenters. The standard InChI is InChI=1S/C33H36O2S2Si/c1-32(2,3)38(30-20-12-6-13-21-30,31-22-14-7-15-23-31)35-25-27-24-33(26-34-27,36-28-16-8-4-9-17-28)37-29-18-10-5-11-19-29/h4-23,27H,24-26H2,1-3H3/t27-/m0/s1. The summed E-state index contributed by atoms with van der Waals surface area (Å²) in [6.07, 6.45) is 0.953. The van der Waals surface area contributed by atoms with E-state index in [1.165, 1.54) is 20.2 Å². The van der Waals surface area contributed by atoms with E-state index in [0.717, 1.165) is 6.42 Å². The van der Waals surface area contributed by atoms with E-state index in [4.69, 9.17) is 9.16 Å². The zero-order chi connectivity index (χ0) is 26.5. The lowest BCUT2D eigenvalue weighted by Crippen LogP contribution is -2.67. The number of rotatable bonds is 9. The van der Waals surface area contributed by atoms with Crippen molar-refractivity contribution in [2.24, 2.45) is 0 Å². The molecule has 1 saturated heterocycles. The fourth-order valence-electron chi connectivity index (χ4n) is 5.37. The first-order valence-electron chi connectivity index (χ1n) is 13.3. The monoisotopic (exact) mass is 556 g/mol. The average molecular weight is 557 g/mol. The van der Waals surface area contributed by atoms with Crippen molar-refractivity contribution in [3.05, 3.63) is 121 Å². The van der Waals surface area contributed by atoms with Crippen LogP contribution in [0.5, 0.6) is 0 Å². The van der Waals surface area contributed by atoms with Crippen molar-refractivity contribution in [2.75, 3.05) is 13.2 Å². The summed E-state index contributed by atoms with van der Waals surface area (Å²) in [4.78, 5) is 2.54. The van der Waals surface area contributed by atoms with Gasteiger partial charge in [-0.15, -0.1) is 23.5 Å². The first-order valence-corrected chi connectivity index (χ1v) is 16.8. The molecule has 1 fully saturated rings. The van der Waals surface area contributed by atoms with Gasteiger partial charge in [-0.3, -0.25) is 0 Å². The molecular weight excluding hydrogens is 521 g/mol. The van der Waals surface area contributed by atoms with Gasteiger partial charge in [-0.2, -0.15) is 0 Å². The molecule has 196 valence electrons. The number of ether oxygens (including phenoxy) is 1. The summed E-state index contributed by atoms with van der Waals surface area (Å²) in [5.74, 6) is 0. The van der Waals surface area contributed by atoms with Crippen LogP contribution in [0.4, 0.5) is 0 Å². The molecule has 4 aromatic rings. The lowest BCUT2D eigenvalue weighted by molar-refractivity contribution is 0.0643. The second kappa shape index (κ2) is 11.8. The first kappa shape index (κ1) is 27.3. The Kier molecular flexibility index (Phi) is 8.51. The summed E-state index contributed by atoms with van der Waals surface area (Å²) in [7, 11) is -2.61. The number of thioether (sulfide) groups is 2. The van der Waals surface area contributed by atoms with Crippen LogP contribution in [0.1, 0.15) is 27.2 Å². The maximum absolute atomic E-state index is 7.24. The molecule has 0 saturated carbocycles. The third-order valence-electron chi connectivity index (χ3n) is 7.07. The lowest BCUT2D eigenvalue weighted by Gasteiger charge is -2.43. The molecule has 38 heavy (non-hydrogen) atoms. The Labute approximate surface area is 237 Å². The Morgan fingerprint density at radius 2 is 1.13 bits per heavy atom. The van der Waals surface area contributed by atoms with Gasteiger partial charge in [0.2, 0.25) is 0 Å². The van der Waals surface area contributed by atoms with E-state index in [9.17, 15) is 0 Å². The van der Waals surface area contributed by atoms with E-state index in [-0.39, 0.29) is 15.2 Å². The molecule has 1 aliphatic rings. The molecule has 0 amide bonds. The predicted molar refractivity (Wildman–Crippen MR) is 165 cm³/mol. The number of hydrogen-bond acceptors (Lipinski definition) is 4. The average Bonchev–Trinajstić information content (AvgIpc) is 3.32. The molecule has 0 aliphatic carbocycles. The zero-order valence-electron chi connectivity index (χ0n) is 22.4. The molecular formula is C33H36O2S2Si. The Hall–Kier alpha value is -2.28. The fourth-order valence-corrected chi connectivity index (χ4v) is 12.9. The van der Waals surface area contributed by atoms with Crippen molar-refractivity contribution in [1.29, 1.82) is 0 Å². The van der Waals surface area contributed by atoms with Gasteiger partial charge in [-0.05, 0) is 39.7 Å². The third kappa shape index (κ3) is 5.98. The Morgan fingerprint density at radius 3 is 1.55 bits per heavy atom. The topological polar surface area (TPSA) is 18.5 Å². The number of hydrogen-bond donors (Lipinski definition) is 0. The van der Waals surface area contributed by atoms with Crippen LogP contribution in [-0.2, 0) is 9.16 Å². The Bertz CT molecular complexity index is 1200. The van der Waals surface area contributed by atoms with Crippen molar-refractivity contribution in [1.82, 2.24) is 0 Å². The van der Waals surface area contributed by atoms with E-state index in [2.05, 4.69) is 142 Å². The van der Waals surface area contributed by atoms with Crippen molar-refractivity contribution in [3.8, 4) is 0 Å². The van der Waals surface area contributed by atoms with Gasteiger partial charge < -0.3 is 9.16 Å². The highest BCUT2D eigenvalue weighted by Gasteiger charge is 2.51. The highest BCUT2D eigenvalue weighted by atomic mass is 32.2. The van der Waals surface area contributed by atoms with Crippen molar-refractivity contribution in [3.63, 3.8) is 0 Å². The first-order chi connectivity index (χ1) is 18.4. The van der Waals surface area contributed by atoms with Gasteiger partial charge in [0, 0.05) is 16.2 Å². The van der Waals surface area contributed by atoms with Crippen molar-refractivity contribution < 1.29 is 9.16 Å². The Balaban J connectivity index is 1.43. The minimum Gasteiger partial charge on any atom is -0.405 e. The van der Waals surface area contributed by atoms with Crippen LogP contribution in [0.3, 0.4) is 0 Å². The van der Waals surface area contributed by atoms with Crippen molar-refractivity contribution in [2.45, 2.75) is 52.2 Å². The van der Waals surface area contributed by atoms with Gasteiger partial charge in [0.15, 0.2) is 0 Å². The molecule has 1 aliphatic heterocycles. The summed E-state index contributed by atoms with van der Waals surface area (Å²) < 4.78 is 13.7. The predicted octanol–water partition coefficient (Wildman–Crippen LogP) is 7.63. The van der Waals surface area contributed by atoms with Crippen LogP contribution in [0.15, 0.2) is 131 Å². The van der Waals surface area contributed by atoms with Crippen LogP contribution < -0.4 is 10.4 Å². The molecule has 0 aromatic heterocycles. The highest BCUT2D eigenvalue weighted by Crippen LogP contribution is 2.52. The smallest absolute Gasteiger partial charge is 0.261 e. The van der Waals surface area contributed by atoms with Gasteiger partial charge in [-0.1, -0.05) is 118 Å². The minimum absolute atomic E-state index is 0.0315. The maximum Gasteiger partial charge on any atom is 0.261 e. The molecule has 0 spiro atoms. The molecule has 0 bridgehead atoms. The normalized spacial score (nSPS) is 17.4. The largest absolute Gasteiger partial charge is 0.405 e. The van der Waals surface area contributed by atoms with E-state index < -0.39 is 8.32 Å². The fraction of sp³-hybridized carbons (Fsp3) is 0.273. The molecule has 1 atom stereocenters. The van der Waals surface area contributed by atoms with E-state index in [1.807, 2.05) is 23.5 Å². The molecule has 5 rings (SSSR count). The summed E-state index contributed by atoms with van der Waals surface area (Å²) in [6.45, 7) is 8.25. The molecule has 0 radical (unpaired) electrons. The zero-order valence-corrected chi connectivity index (χ0v) is 25.0. The quantitative estimate of drug-likeness (QED) is 0.156. The lowest BCUT2D eigenvalue weighted by atomic mass is 10.2. The van der Waals surface area contributed by atoms with Gasteiger partial charge in [0.25, 0.3) is 8.32 Å². The third-order valence-corrected chi connectivity index (χ3v) is 14.9. The van der Waals surface area contributed by atoms with E-state index in [0.29, 0.717) is 13.2 Å². The second-order valence-corrected chi connectivity index (χ2v) is 18.3. The molecule has 2 nitrogen and oxygen atoms in total. The second-order valence-electron chi connectivity index (χ2n) is 10.9. The SMILES string of the molecule is CC(C)(C)[Si](OC[C@@H]1CC(Sc2ccccc2)(Sc2ccccc2)CO1)(c1ccccc1)c1ccccc1. The highest BCUT2D eigenvalue weighted by molar-refractivity contribution is 8.18. The molecule has 5 heteroatoms. The van der Waals surface area contributed by atoms with E-state index in [1.54, 1.807) is 0 Å². The molecule has 0 N–H and O–H groups in total.